The van der Waals surface area contributed by atoms with Crippen molar-refractivity contribution in [3.05, 3.63) is 101 Å². The van der Waals surface area contributed by atoms with E-state index in [1.165, 1.54) is 17.1 Å². The van der Waals surface area contributed by atoms with E-state index >= 15 is 0 Å². The molecule has 0 saturated carbocycles. The van der Waals surface area contributed by atoms with Crippen molar-refractivity contribution >= 4 is 45.4 Å². The molecule has 1 N–H and O–H groups in total. The molecule has 0 atom stereocenters. The SMILES string of the molecule is COc1ccc(N=C2NC(=O)/C(=C/c3ccc(OCc4cccc5ccccc45)c(OC)c3)S2)cc1. The number of amidine groups is 1. The molecule has 4 aromatic rings. The van der Waals surface area contributed by atoms with Gasteiger partial charge in [0.25, 0.3) is 5.91 Å². The van der Waals surface area contributed by atoms with E-state index in [4.69, 9.17) is 14.2 Å². The molecule has 0 spiro atoms. The van der Waals surface area contributed by atoms with Crippen LogP contribution in [0.1, 0.15) is 11.1 Å². The second-order valence-corrected chi connectivity index (χ2v) is 9.05. The van der Waals surface area contributed by atoms with Crippen LogP contribution in [0, 0.1) is 0 Å². The van der Waals surface area contributed by atoms with Crippen LogP contribution in [0.15, 0.2) is 94.8 Å². The second kappa shape index (κ2) is 10.6. The number of fused-ring (bicyclic) bond motifs is 1. The molecule has 0 unspecified atom stereocenters. The third-order valence-electron chi connectivity index (χ3n) is 5.70. The van der Waals surface area contributed by atoms with Gasteiger partial charge in [-0.25, -0.2) is 4.99 Å². The molecular formula is C29H24N2O4S. The van der Waals surface area contributed by atoms with Crippen LogP contribution in [-0.2, 0) is 11.4 Å². The van der Waals surface area contributed by atoms with Crippen molar-refractivity contribution in [2.45, 2.75) is 6.61 Å². The molecule has 0 radical (unpaired) electrons. The number of hydrogen-bond acceptors (Lipinski definition) is 6. The Morgan fingerprint density at radius 3 is 2.50 bits per heavy atom. The summed E-state index contributed by atoms with van der Waals surface area (Å²) in [5, 5.41) is 5.68. The monoisotopic (exact) mass is 496 g/mol. The average Bonchev–Trinajstić information content (AvgIpc) is 3.26. The highest BCUT2D eigenvalue weighted by atomic mass is 32.2. The third kappa shape index (κ3) is 5.21. The number of benzene rings is 4. The molecule has 1 fully saturated rings. The molecule has 180 valence electrons. The zero-order valence-corrected chi connectivity index (χ0v) is 20.7. The minimum Gasteiger partial charge on any atom is -0.497 e. The summed E-state index contributed by atoms with van der Waals surface area (Å²) >= 11 is 1.29. The fraction of sp³-hybridized carbons (Fsp3) is 0.103. The molecular weight excluding hydrogens is 472 g/mol. The van der Waals surface area contributed by atoms with Crippen molar-refractivity contribution in [2.24, 2.45) is 4.99 Å². The van der Waals surface area contributed by atoms with Crippen LogP contribution in [0.25, 0.3) is 16.8 Å². The Morgan fingerprint density at radius 2 is 1.69 bits per heavy atom. The van der Waals surface area contributed by atoms with Crippen LogP contribution in [0.3, 0.4) is 0 Å². The number of carbonyl (C=O) groups excluding carboxylic acids is 1. The van der Waals surface area contributed by atoms with Gasteiger partial charge in [-0.15, -0.1) is 0 Å². The van der Waals surface area contributed by atoms with Gasteiger partial charge in [0.1, 0.15) is 12.4 Å². The van der Waals surface area contributed by atoms with E-state index < -0.39 is 0 Å². The molecule has 6 nitrogen and oxygen atoms in total. The van der Waals surface area contributed by atoms with Crippen molar-refractivity contribution in [1.82, 2.24) is 5.32 Å². The maximum absolute atomic E-state index is 12.5. The van der Waals surface area contributed by atoms with E-state index in [0.29, 0.717) is 28.2 Å². The fourth-order valence-electron chi connectivity index (χ4n) is 3.87. The van der Waals surface area contributed by atoms with Crippen molar-refractivity contribution < 1.29 is 19.0 Å². The second-order valence-electron chi connectivity index (χ2n) is 8.02. The molecule has 36 heavy (non-hydrogen) atoms. The van der Waals surface area contributed by atoms with E-state index in [0.717, 1.165) is 28.0 Å². The minimum absolute atomic E-state index is 0.192. The molecule has 7 heteroatoms. The Hall–Kier alpha value is -4.23. The topological polar surface area (TPSA) is 69.2 Å². The van der Waals surface area contributed by atoms with Crippen molar-refractivity contribution in [3.63, 3.8) is 0 Å². The number of thioether (sulfide) groups is 1. The molecule has 1 amide bonds. The molecule has 1 saturated heterocycles. The van der Waals surface area contributed by atoms with E-state index in [2.05, 4.69) is 34.6 Å². The summed E-state index contributed by atoms with van der Waals surface area (Å²) in [6, 6.07) is 27.4. The lowest BCUT2D eigenvalue weighted by atomic mass is 10.1. The van der Waals surface area contributed by atoms with Gasteiger partial charge in [-0.3, -0.25) is 4.79 Å². The normalized spacial score (nSPS) is 15.3. The fourth-order valence-corrected chi connectivity index (χ4v) is 4.71. The maximum Gasteiger partial charge on any atom is 0.264 e. The van der Waals surface area contributed by atoms with Crippen LogP contribution < -0.4 is 19.5 Å². The number of amides is 1. The number of hydrogen-bond donors (Lipinski definition) is 1. The van der Waals surface area contributed by atoms with Gasteiger partial charge in [0.15, 0.2) is 16.7 Å². The number of carbonyl (C=O) groups is 1. The molecule has 1 aliphatic rings. The lowest BCUT2D eigenvalue weighted by Gasteiger charge is -2.13. The van der Waals surface area contributed by atoms with Crippen LogP contribution in [0.4, 0.5) is 5.69 Å². The summed E-state index contributed by atoms with van der Waals surface area (Å²) < 4.78 is 16.9. The maximum atomic E-state index is 12.5. The minimum atomic E-state index is -0.192. The number of methoxy groups -OCH3 is 2. The largest absolute Gasteiger partial charge is 0.497 e. The first-order valence-electron chi connectivity index (χ1n) is 11.3. The molecule has 4 aromatic carbocycles. The van der Waals surface area contributed by atoms with Crippen LogP contribution >= 0.6 is 11.8 Å². The molecule has 1 aliphatic heterocycles. The lowest BCUT2D eigenvalue weighted by molar-refractivity contribution is -0.115. The van der Waals surface area contributed by atoms with E-state index in [-0.39, 0.29) is 5.91 Å². The smallest absolute Gasteiger partial charge is 0.264 e. The van der Waals surface area contributed by atoms with E-state index in [1.54, 1.807) is 14.2 Å². The highest BCUT2D eigenvalue weighted by molar-refractivity contribution is 8.18. The highest BCUT2D eigenvalue weighted by Gasteiger charge is 2.24. The Labute approximate surface area is 213 Å². The number of ether oxygens (including phenoxy) is 3. The third-order valence-corrected chi connectivity index (χ3v) is 6.61. The predicted molar refractivity (Wildman–Crippen MR) is 145 cm³/mol. The summed E-state index contributed by atoms with van der Waals surface area (Å²) in [5.74, 6) is 1.79. The van der Waals surface area contributed by atoms with Gasteiger partial charge in [-0.2, -0.15) is 0 Å². The summed E-state index contributed by atoms with van der Waals surface area (Å²) in [4.78, 5) is 17.6. The standard InChI is InChI=1S/C29H24N2O4S/c1-33-23-13-11-22(12-14-23)30-29-31-28(32)27(36-29)17-19-10-15-25(26(16-19)34-2)35-18-21-8-5-7-20-6-3-4-9-24(20)21/h3-17H,18H2,1-2H3,(H,30,31,32)/b27-17-. The molecule has 0 bridgehead atoms. The first kappa shape index (κ1) is 23.5. The highest BCUT2D eigenvalue weighted by Crippen LogP contribution is 2.33. The predicted octanol–water partition coefficient (Wildman–Crippen LogP) is 6.33. The first-order chi connectivity index (χ1) is 17.6. The van der Waals surface area contributed by atoms with Crippen molar-refractivity contribution in [2.75, 3.05) is 14.2 Å². The number of nitrogens with one attached hydrogen (secondary N) is 1. The Balaban J connectivity index is 1.31. The Kier molecular flexibility index (Phi) is 6.91. The van der Waals surface area contributed by atoms with Gasteiger partial charge in [0, 0.05) is 0 Å². The first-order valence-corrected chi connectivity index (χ1v) is 12.2. The van der Waals surface area contributed by atoms with Gasteiger partial charge in [0.05, 0.1) is 24.8 Å². The summed E-state index contributed by atoms with van der Waals surface area (Å²) in [5.41, 5.74) is 2.66. The van der Waals surface area contributed by atoms with Gasteiger partial charge in [0.2, 0.25) is 0 Å². The number of rotatable bonds is 7. The number of aliphatic imine (C=N–C) groups is 1. The molecule has 1 heterocycles. The van der Waals surface area contributed by atoms with E-state index in [9.17, 15) is 4.79 Å². The van der Waals surface area contributed by atoms with Crippen LogP contribution in [0.2, 0.25) is 0 Å². The lowest BCUT2D eigenvalue weighted by Crippen LogP contribution is -2.19. The Bertz CT molecular complexity index is 1470. The van der Waals surface area contributed by atoms with Gasteiger partial charge in [-0.1, -0.05) is 48.5 Å². The zero-order valence-electron chi connectivity index (χ0n) is 19.9. The quantitative estimate of drug-likeness (QED) is 0.303. The molecule has 0 aromatic heterocycles. The van der Waals surface area contributed by atoms with Gasteiger partial charge >= 0.3 is 0 Å². The molecule has 0 aliphatic carbocycles. The molecule has 5 rings (SSSR count). The average molecular weight is 497 g/mol. The van der Waals surface area contributed by atoms with Gasteiger partial charge in [-0.05, 0) is 76.1 Å². The summed E-state index contributed by atoms with van der Waals surface area (Å²) in [7, 11) is 3.22. The number of nitrogens with zero attached hydrogens (tertiary/aromatic N) is 1. The summed E-state index contributed by atoms with van der Waals surface area (Å²) in [6.45, 7) is 0.418. The zero-order chi connectivity index (χ0) is 24.9. The van der Waals surface area contributed by atoms with Crippen molar-refractivity contribution in [3.8, 4) is 17.2 Å². The van der Waals surface area contributed by atoms with Gasteiger partial charge < -0.3 is 19.5 Å². The van der Waals surface area contributed by atoms with E-state index in [1.807, 2.05) is 66.7 Å². The van der Waals surface area contributed by atoms with Crippen molar-refractivity contribution in [1.29, 1.82) is 0 Å². The van der Waals surface area contributed by atoms with Crippen LogP contribution in [0.5, 0.6) is 17.2 Å². The Morgan fingerprint density at radius 1 is 0.889 bits per heavy atom. The van der Waals surface area contributed by atoms with Crippen LogP contribution in [-0.4, -0.2) is 25.3 Å². The summed E-state index contributed by atoms with van der Waals surface area (Å²) in [6.07, 6.45) is 1.81.